The molecule has 0 radical (unpaired) electrons. The number of nitrogens with zero attached hydrogens (tertiary/aromatic N) is 3. The zero-order chi connectivity index (χ0) is 21.3. The van der Waals surface area contributed by atoms with E-state index in [1.807, 2.05) is 34.6 Å². The molecular formula is C23H27N3O4. The Morgan fingerprint density at radius 3 is 2.77 bits per heavy atom. The van der Waals surface area contributed by atoms with Crippen LogP contribution in [0.5, 0.6) is 0 Å². The Kier molecular flexibility index (Phi) is 5.63. The van der Waals surface area contributed by atoms with Gasteiger partial charge in [-0.05, 0) is 31.5 Å². The van der Waals surface area contributed by atoms with E-state index in [9.17, 15) is 9.59 Å². The highest BCUT2D eigenvalue weighted by Gasteiger charge is 2.31. The number of furan rings is 1. The summed E-state index contributed by atoms with van der Waals surface area (Å²) in [7, 11) is 1.51. The number of carbonyl (C=O) groups excluding carboxylic acids is 2. The fourth-order valence-corrected chi connectivity index (χ4v) is 4.18. The Balaban J connectivity index is 1.58. The van der Waals surface area contributed by atoms with Crippen LogP contribution in [0.15, 0.2) is 47.1 Å². The second-order valence-electron chi connectivity index (χ2n) is 7.91. The zero-order valence-electron chi connectivity index (χ0n) is 17.6. The van der Waals surface area contributed by atoms with E-state index in [0.717, 1.165) is 10.9 Å². The molecule has 0 unspecified atom stereocenters. The third-order valence-corrected chi connectivity index (χ3v) is 5.65. The van der Waals surface area contributed by atoms with Crippen molar-refractivity contribution in [1.29, 1.82) is 0 Å². The van der Waals surface area contributed by atoms with E-state index in [-0.39, 0.29) is 24.5 Å². The molecule has 1 aliphatic heterocycles. The molecule has 1 aromatic carbocycles. The minimum absolute atomic E-state index is 0.0419. The van der Waals surface area contributed by atoms with Crippen molar-refractivity contribution in [2.45, 2.75) is 26.4 Å². The average Bonchev–Trinajstić information content (AvgIpc) is 3.30. The number of benzene rings is 1. The molecule has 2 amide bonds. The van der Waals surface area contributed by atoms with Gasteiger partial charge in [0.15, 0.2) is 0 Å². The van der Waals surface area contributed by atoms with Gasteiger partial charge in [0, 0.05) is 38.2 Å². The fourth-order valence-electron chi connectivity index (χ4n) is 4.18. The van der Waals surface area contributed by atoms with E-state index in [4.69, 9.17) is 9.15 Å². The lowest BCUT2D eigenvalue weighted by atomic mass is 10.1. The van der Waals surface area contributed by atoms with Crippen LogP contribution >= 0.6 is 0 Å². The molecular weight excluding hydrogens is 382 g/mol. The van der Waals surface area contributed by atoms with Crippen LogP contribution in [0.4, 0.5) is 0 Å². The standard InChI is InChI=1S/C23H27N3O4/c1-16-5-4-6-18(11-16)14-26-20(12-19-7-10-30-23(19)26)22(28)24-8-9-25(17(2)13-24)21(27)15-29-3/h4-7,10-12,17H,8-9,13-15H2,1-3H3/t17-/m0/s1. The van der Waals surface area contributed by atoms with Crippen molar-refractivity contribution in [3.05, 3.63) is 59.5 Å². The summed E-state index contributed by atoms with van der Waals surface area (Å²) in [6.07, 6.45) is 1.65. The summed E-state index contributed by atoms with van der Waals surface area (Å²) in [6, 6.07) is 12.0. The molecule has 4 rings (SSSR count). The molecule has 0 saturated carbocycles. The van der Waals surface area contributed by atoms with Crippen molar-refractivity contribution in [3.63, 3.8) is 0 Å². The van der Waals surface area contributed by atoms with Crippen LogP contribution in [0.1, 0.15) is 28.5 Å². The highest BCUT2D eigenvalue weighted by Crippen LogP contribution is 2.25. The lowest BCUT2D eigenvalue weighted by molar-refractivity contribution is -0.139. The van der Waals surface area contributed by atoms with Gasteiger partial charge in [-0.1, -0.05) is 29.8 Å². The summed E-state index contributed by atoms with van der Waals surface area (Å²) in [5.41, 5.74) is 3.59. The number of methoxy groups -OCH3 is 1. The van der Waals surface area contributed by atoms with E-state index in [1.54, 1.807) is 11.2 Å². The Hall–Kier alpha value is -3.06. The third-order valence-electron chi connectivity index (χ3n) is 5.65. The van der Waals surface area contributed by atoms with Crippen LogP contribution in [0.25, 0.3) is 11.1 Å². The quantitative estimate of drug-likeness (QED) is 0.650. The summed E-state index contributed by atoms with van der Waals surface area (Å²) in [4.78, 5) is 29.2. The molecule has 7 heteroatoms. The predicted molar refractivity (Wildman–Crippen MR) is 113 cm³/mol. The molecule has 2 aromatic heterocycles. The van der Waals surface area contributed by atoms with Crippen LogP contribution in [0.3, 0.4) is 0 Å². The molecule has 1 fully saturated rings. The number of carbonyl (C=O) groups is 2. The molecule has 7 nitrogen and oxygen atoms in total. The lowest BCUT2D eigenvalue weighted by Gasteiger charge is -2.39. The van der Waals surface area contributed by atoms with Gasteiger partial charge >= 0.3 is 0 Å². The number of rotatable bonds is 5. The van der Waals surface area contributed by atoms with Gasteiger partial charge < -0.3 is 23.5 Å². The molecule has 3 heterocycles. The van der Waals surface area contributed by atoms with E-state index in [0.29, 0.717) is 37.6 Å². The van der Waals surface area contributed by atoms with Crippen molar-refractivity contribution in [2.75, 3.05) is 33.4 Å². The van der Waals surface area contributed by atoms with Crippen LogP contribution in [0, 0.1) is 6.92 Å². The molecule has 1 aliphatic rings. The number of amides is 2. The Morgan fingerprint density at radius 2 is 2.03 bits per heavy atom. The molecule has 3 aromatic rings. The van der Waals surface area contributed by atoms with Crippen molar-refractivity contribution >= 4 is 22.9 Å². The van der Waals surface area contributed by atoms with Gasteiger partial charge in [0.05, 0.1) is 12.8 Å². The lowest BCUT2D eigenvalue weighted by Crippen LogP contribution is -2.56. The topological polar surface area (TPSA) is 67.9 Å². The van der Waals surface area contributed by atoms with Crippen LogP contribution in [-0.2, 0) is 16.1 Å². The van der Waals surface area contributed by atoms with Crippen LogP contribution < -0.4 is 0 Å². The largest absolute Gasteiger partial charge is 0.448 e. The maximum absolute atomic E-state index is 13.4. The number of hydrogen-bond acceptors (Lipinski definition) is 4. The zero-order valence-corrected chi connectivity index (χ0v) is 17.6. The number of ether oxygens (including phenoxy) is 1. The minimum atomic E-state index is -0.0615. The number of piperazine rings is 1. The number of hydrogen-bond donors (Lipinski definition) is 0. The van der Waals surface area contributed by atoms with Gasteiger partial charge in [0.1, 0.15) is 12.3 Å². The average molecular weight is 409 g/mol. The van der Waals surface area contributed by atoms with E-state index < -0.39 is 0 Å². The van der Waals surface area contributed by atoms with Gasteiger partial charge in [-0.3, -0.25) is 9.59 Å². The Morgan fingerprint density at radius 1 is 1.20 bits per heavy atom. The normalized spacial score (nSPS) is 17.0. The van der Waals surface area contributed by atoms with Crippen LogP contribution in [-0.4, -0.2) is 65.6 Å². The number of aromatic nitrogens is 1. The molecule has 158 valence electrons. The summed E-state index contributed by atoms with van der Waals surface area (Å²) < 4.78 is 12.6. The smallest absolute Gasteiger partial charge is 0.270 e. The van der Waals surface area contributed by atoms with Gasteiger partial charge in [-0.25, -0.2) is 0 Å². The van der Waals surface area contributed by atoms with Crippen molar-refractivity contribution < 1.29 is 18.7 Å². The van der Waals surface area contributed by atoms with E-state index >= 15 is 0 Å². The summed E-state index contributed by atoms with van der Waals surface area (Å²) >= 11 is 0. The number of fused-ring (bicyclic) bond motifs is 1. The fraction of sp³-hybridized carbons (Fsp3) is 0.391. The molecule has 30 heavy (non-hydrogen) atoms. The van der Waals surface area contributed by atoms with E-state index in [1.165, 1.54) is 12.7 Å². The second kappa shape index (κ2) is 8.36. The Labute approximate surface area is 175 Å². The Bertz CT molecular complexity index is 1070. The summed E-state index contributed by atoms with van der Waals surface area (Å²) in [5, 5.41) is 0.910. The highest BCUT2D eigenvalue weighted by molar-refractivity contribution is 5.98. The minimum Gasteiger partial charge on any atom is -0.448 e. The van der Waals surface area contributed by atoms with Crippen LogP contribution in [0.2, 0.25) is 0 Å². The first kappa shape index (κ1) is 20.2. The second-order valence-corrected chi connectivity index (χ2v) is 7.91. The van der Waals surface area contributed by atoms with Crippen molar-refractivity contribution in [3.8, 4) is 0 Å². The molecule has 1 atom stereocenters. The molecule has 0 bridgehead atoms. The predicted octanol–water partition coefficient (Wildman–Crippen LogP) is 2.91. The summed E-state index contributed by atoms with van der Waals surface area (Å²) in [5.74, 6) is -0.0859. The SMILES string of the molecule is COCC(=O)N1CCN(C(=O)c2cc3ccoc3n2Cc2cccc(C)c2)C[C@@H]1C. The molecule has 0 aliphatic carbocycles. The van der Waals surface area contributed by atoms with Gasteiger partial charge in [0.2, 0.25) is 11.6 Å². The summed E-state index contributed by atoms with van der Waals surface area (Å²) in [6.45, 7) is 6.13. The van der Waals surface area contributed by atoms with Gasteiger partial charge in [-0.15, -0.1) is 0 Å². The first-order valence-corrected chi connectivity index (χ1v) is 10.2. The van der Waals surface area contributed by atoms with Gasteiger partial charge in [0.25, 0.3) is 5.91 Å². The molecule has 0 N–H and O–H groups in total. The first-order chi connectivity index (χ1) is 14.5. The monoisotopic (exact) mass is 409 g/mol. The molecule has 1 saturated heterocycles. The maximum atomic E-state index is 13.4. The van der Waals surface area contributed by atoms with Crippen molar-refractivity contribution in [1.82, 2.24) is 14.4 Å². The van der Waals surface area contributed by atoms with Gasteiger partial charge in [-0.2, -0.15) is 0 Å². The molecule has 0 spiro atoms. The van der Waals surface area contributed by atoms with E-state index in [2.05, 4.69) is 25.1 Å². The van der Waals surface area contributed by atoms with Crippen molar-refractivity contribution in [2.24, 2.45) is 0 Å². The first-order valence-electron chi connectivity index (χ1n) is 10.2. The number of aryl methyl sites for hydroxylation is 1. The maximum Gasteiger partial charge on any atom is 0.270 e. The third kappa shape index (κ3) is 3.85. The highest BCUT2D eigenvalue weighted by atomic mass is 16.5.